The van der Waals surface area contributed by atoms with Crippen LogP contribution in [0, 0.1) is 0 Å². The molecule has 84 valence electrons. The van der Waals surface area contributed by atoms with Crippen LogP contribution in [0.25, 0.3) is 0 Å². The second-order valence-corrected chi connectivity index (χ2v) is 3.79. The summed E-state index contributed by atoms with van der Waals surface area (Å²) in [4.78, 5) is 10.5. The molecule has 1 aromatic rings. The Morgan fingerprint density at radius 3 is 2.60 bits per heavy atom. The number of aliphatic carboxylic acids is 1. The Kier molecular flexibility index (Phi) is 5.64. The average molecular weight is 297 g/mol. The Morgan fingerprint density at radius 2 is 2.13 bits per heavy atom. The van der Waals surface area contributed by atoms with Crippen molar-refractivity contribution in [3.8, 4) is 5.75 Å². The first-order chi connectivity index (χ1) is 6.50. The Hall–Kier alpha value is -0.780. The topological polar surface area (TPSA) is 83.5 Å². The number of benzene rings is 1. The predicted octanol–water partition coefficient (Wildman–Crippen LogP) is 1.53. The van der Waals surface area contributed by atoms with Crippen molar-refractivity contribution in [2.45, 2.75) is 12.5 Å². The molecule has 1 aromatic carbocycles. The largest absolute Gasteiger partial charge is 0.507 e. The Balaban J connectivity index is 0.00000196. The first kappa shape index (κ1) is 14.2. The molecule has 0 saturated heterocycles. The highest BCUT2D eigenvalue weighted by molar-refractivity contribution is 9.10. The molecule has 0 bridgehead atoms. The fraction of sp³-hybridized carbons (Fsp3) is 0.222. The van der Waals surface area contributed by atoms with Crippen molar-refractivity contribution in [2.75, 3.05) is 0 Å². The number of aromatic hydroxyl groups is 1. The van der Waals surface area contributed by atoms with Crippen molar-refractivity contribution < 1.29 is 15.0 Å². The van der Waals surface area contributed by atoms with Crippen LogP contribution in [-0.2, 0) is 11.2 Å². The summed E-state index contributed by atoms with van der Waals surface area (Å²) in [5, 5.41) is 17.8. The second kappa shape index (κ2) is 5.95. The van der Waals surface area contributed by atoms with Gasteiger partial charge in [0.2, 0.25) is 0 Å². The fourth-order valence-electron chi connectivity index (χ4n) is 1.02. The van der Waals surface area contributed by atoms with Gasteiger partial charge in [0, 0.05) is 0 Å². The van der Waals surface area contributed by atoms with E-state index in [0.29, 0.717) is 4.47 Å². The zero-order valence-corrected chi connectivity index (χ0v) is 10.1. The van der Waals surface area contributed by atoms with E-state index in [1.165, 1.54) is 6.07 Å². The molecule has 4 N–H and O–H groups in total. The molecular weight excluding hydrogens is 285 g/mol. The highest BCUT2D eigenvalue weighted by Crippen LogP contribution is 2.24. The summed E-state index contributed by atoms with van der Waals surface area (Å²) in [6, 6.07) is 3.88. The molecule has 0 aliphatic heterocycles. The number of hydrogen-bond acceptors (Lipinski definition) is 3. The van der Waals surface area contributed by atoms with E-state index < -0.39 is 12.0 Å². The zero-order chi connectivity index (χ0) is 10.7. The highest BCUT2D eigenvalue weighted by atomic mass is 79.9. The van der Waals surface area contributed by atoms with Crippen LogP contribution in [-0.4, -0.2) is 22.2 Å². The van der Waals surface area contributed by atoms with E-state index in [1.54, 1.807) is 12.1 Å². The van der Waals surface area contributed by atoms with Gasteiger partial charge in [0.1, 0.15) is 11.8 Å². The van der Waals surface area contributed by atoms with Gasteiger partial charge in [0.05, 0.1) is 4.47 Å². The zero-order valence-electron chi connectivity index (χ0n) is 7.68. The standard InChI is InChI=1S/C9H10BrNO3.ClH/c10-6-3-5(1-2-8(6)12)4-7(11)9(13)14;/h1-3,7,12H,4,11H2,(H,13,14);1H/t7-;/m0./s1. The molecule has 15 heavy (non-hydrogen) atoms. The number of carboxylic acids is 1. The summed E-state index contributed by atoms with van der Waals surface area (Å²) >= 11 is 3.13. The lowest BCUT2D eigenvalue weighted by atomic mass is 10.1. The molecule has 0 aliphatic rings. The van der Waals surface area contributed by atoms with E-state index in [1.807, 2.05) is 0 Å². The van der Waals surface area contributed by atoms with E-state index in [-0.39, 0.29) is 24.6 Å². The third-order valence-electron chi connectivity index (χ3n) is 1.78. The quantitative estimate of drug-likeness (QED) is 0.790. The van der Waals surface area contributed by atoms with E-state index in [9.17, 15) is 9.90 Å². The summed E-state index contributed by atoms with van der Waals surface area (Å²) in [7, 11) is 0. The van der Waals surface area contributed by atoms with Gasteiger partial charge in [-0.1, -0.05) is 6.07 Å². The lowest BCUT2D eigenvalue weighted by molar-refractivity contribution is -0.138. The van der Waals surface area contributed by atoms with Gasteiger partial charge in [-0.15, -0.1) is 12.4 Å². The summed E-state index contributed by atoms with van der Waals surface area (Å²) in [5.41, 5.74) is 6.13. The fourth-order valence-corrected chi connectivity index (χ4v) is 1.44. The molecule has 1 atom stereocenters. The predicted molar refractivity (Wildman–Crippen MR) is 62.4 cm³/mol. The number of rotatable bonds is 3. The lowest BCUT2D eigenvalue weighted by Crippen LogP contribution is -2.32. The maximum Gasteiger partial charge on any atom is 0.320 e. The average Bonchev–Trinajstić information content (AvgIpc) is 2.11. The van der Waals surface area contributed by atoms with Crippen LogP contribution in [0.2, 0.25) is 0 Å². The maximum absolute atomic E-state index is 10.5. The Morgan fingerprint density at radius 1 is 1.53 bits per heavy atom. The number of phenolic OH excluding ortho intramolecular Hbond substituents is 1. The van der Waals surface area contributed by atoms with Gasteiger partial charge in [0.25, 0.3) is 0 Å². The monoisotopic (exact) mass is 295 g/mol. The molecule has 1 rings (SSSR count). The van der Waals surface area contributed by atoms with Crippen molar-refractivity contribution in [1.82, 2.24) is 0 Å². The van der Waals surface area contributed by atoms with Crippen LogP contribution < -0.4 is 5.73 Å². The molecule has 0 saturated carbocycles. The van der Waals surface area contributed by atoms with Crippen LogP contribution in [0.4, 0.5) is 0 Å². The van der Waals surface area contributed by atoms with E-state index in [0.717, 1.165) is 5.56 Å². The Labute approximate surface area is 102 Å². The highest BCUT2D eigenvalue weighted by Gasteiger charge is 2.12. The van der Waals surface area contributed by atoms with Gasteiger partial charge in [-0.25, -0.2) is 0 Å². The molecule has 0 spiro atoms. The van der Waals surface area contributed by atoms with Gasteiger partial charge in [-0.3, -0.25) is 4.79 Å². The number of halogens is 2. The van der Waals surface area contributed by atoms with Crippen LogP contribution in [0.15, 0.2) is 22.7 Å². The van der Waals surface area contributed by atoms with Gasteiger partial charge < -0.3 is 15.9 Å². The van der Waals surface area contributed by atoms with Gasteiger partial charge in [-0.05, 0) is 40.0 Å². The van der Waals surface area contributed by atoms with Gasteiger partial charge in [-0.2, -0.15) is 0 Å². The van der Waals surface area contributed by atoms with Gasteiger partial charge in [0.15, 0.2) is 0 Å². The molecule has 0 aliphatic carbocycles. The summed E-state index contributed by atoms with van der Waals surface area (Å²) in [6.07, 6.45) is 0.244. The molecule has 0 radical (unpaired) electrons. The van der Waals surface area contributed by atoms with Crippen molar-refractivity contribution in [3.63, 3.8) is 0 Å². The molecule has 0 aromatic heterocycles. The molecule has 0 fully saturated rings. The summed E-state index contributed by atoms with van der Waals surface area (Å²) < 4.78 is 0.535. The summed E-state index contributed by atoms with van der Waals surface area (Å²) in [5.74, 6) is -0.910. The van der Waals surface area contributed by atoms with Gasteiger partial charge >= 0.3 is 5.97 Å². The number of hydrogen-bond donors (Lipinski definition) is 3. The minimum Gasteiger partial charge on any atom is -0.507 e. The molecule has 4 nitrogen and oxygen atoms in total. The molecule has 6 heteroatoms. The van der Waals surface area contributed by atoms with Crippen LogP contribution >= 0.6 is 28.3 Å². The first-order valence-corrected chi connectivity index (χ1v) is 4.76. The molecular formula is C9H11BrClNO3. The molecule has 0 amide bonds. The van der Waals surface area contributed by atoms with E-state index >= 15 is 0 Å². The number of phenols is 1. The normalized spacial score (nSPS) is 11.6. The molecule has 0 unspecified atom stereocenters. The SMILES string of the molecule is Cl.N[C@@H](Cc1ccc(O)c(Br)c1)C(=O)O. The van der Waals surface area contributed by atoms with Crippen molar-refractivity contribution >= 4 is 34.3 Å². The van der Waals surface area contributed by atoms with Crippen LogP contribution in [0.1, 0.15) is 5.56 Å². The third-order valence-corrected chi connectivity index (χ3v) is 2.42. The Bertz CT molecular complexity index is 359. The van der Waals surface area contributed by atoms with E-state index in [2.05, 4.69) is 15.9 Å². The van der Waals surface area contributed by atoms with Crippen LogP contribution in [0.5, 0.6) is 5.75 Å². The smallest absolute Gasteiger partial charge is 0.320 e. The number of nitrogens with two attached hydrogens (primary N) is 1. The van der Waals surface area contributed by atoms with Crippen molar-refractivity contribution in [2.24, 2.45) is 5.73 Å². The maximum atomic E-state index is 10.5. The summed E-state index contributed by atoms with van der Waals surface area (Å²) in [6.45, 7) is 0. The second-order valence-electron chi connectivity index (χ2n) is 2.93. The third kappa shape index (κ3) is 4.07. The van der Waals surface area contributed by atoms with Crippen molar-refractivity contribution in [3.05, 3.63) is 28.2 Å². The minimum atomic E-state index is -1.03. The minimum absolute atomic E-state index is 0. The van der Waals surface area contributed by atoms with Crippen molar-refractivity contribution in [1.29, 1.82) is 0 Å². The first-order valence-electron chi connectivity index (χ1n) is 3.96. The van der Waals surface area contributed by atoms with Crippen LogP contribution in [0.3, 0.4) is 0 Å². The molecule has 0 heterocycles. The lowest BCUT2D eigenvalue weighted by Gasteiger charge is -2.07. The number of carbonyl (C=O) groups is 1. The number of carboxylic acid groups (broad SMARTS) is 1. The van der Waals surface area contributed by atoms with E-state index in [4.69, 9.17) is 10.8 Å².